The molecule has 0 aliphatic carbocycles. The summed E-state index contributed by atoms with van der Waals surface area (Å²) in [5, 5.41) is 13.6. The monoisotopic (exact) mass is 307 g/mol. The van der Waals surface area contributed by atoms with Gasteiger partial charge in [0.05, 0.1) is 11.6 Å². The highest BCUT2D eigenvalue weighted by Crippen LogP contribution is 2.26. The summed E-state index contributed by atoms with van der Waals surface area (Å²) in [4.78, 5) is 17.3. The molecule has 2 aromatic rings. The third-order valence-electron chi connectivity index (χ3n) is 3.57. The first-order chi connectivity index (χ1) is 10.1. The van der Waals surface area contributed by atoms with Crippen molar-refractivity contribution in [3.05, 3.63) is 35.2 Å². The average Bonchev–Trinajstić information content (AvgIpc) is 3.09. The van der Waals surface area contributed by atoms with Crippen molar-refractivity contribution in [2.24, 2.45) is 0 Å². The zero-order valence-electron chi connectivity index (χ0n) is 11.2. The first-order valence-corrected chi connectivity index (χ1v) is 7.07. The van der Waals surface area contributed by atoms with Crippen molar-refractivity contribution in [2.45, 2.75) is 25.4 Å². The van der Waals surface area contributed by atoms with E-state index in [2.05, 4.69) is 10.1 Å². The first-order valence-electron chi connectivity index (χ1n) is 6.69. The average molecular weight is 308 g/mol. The highest BCUT2D eigenvalue weighted by Gasteiger charge is 2.31. The Morgan fingerprint density at radius 1 is 1.48 bits per heavy atom. The Hall–Kier alpha value is -1.92. The van der Waals surface area contributed by atoms with Crippen LogP contribution in [0.1, 0.15) is 18.7 Å². The van der Waals surface area contributed by atoms with Crippen LogP contribution >= 0.6 is 11.6 Å². The highest BCUT2D eigenvalue weighted by molar-refractivity contribution is 6.33. The SMILES string of the molecule is O=C(O)C1CCCN1Cc1nc(-c2ccccc2Cl)no1. The molecular formula is C14H14ClN3O3. The Bertz CT molecular complexity index is 658. The fourth-order valence-electron chi connectivity index (χ4n) is 2.54. The van der Waals surface area contributed by atoms with Gasteiger partial charge in [-0.25, -0.2) is 0 Å². The van der Waals surface area contributed by atoms with Crippen molar-refractivity contribution >= 4 is 17.6 Å². The number of carboxylic acids is 1. The van der Waals surface area contributed by atoms with Gasteiger partial charge in [0.2, 0.25) is 11.7 Å². The number of hydrogen-bond donors (Lipinski definition) is 1. The summed E-state index contributed by atoms with van der Waals surface area (Å²) in [5.41, 5.74) is 0.699. The van der Waals surface area contributed by atoms with Crippen molar-refractivity contribution in [3.63, 3.8) is 0 Å². The summed E-state index contributed by atoms with van der Waals surface area (Å²) in [6.45, 7) is 1.06. The van der Waals surface area contributed by atoms with Crippen molar-refractivity contribution in [2.75, 3.05) is 6.54 Å². The zero-order chi connectivity index (χ0) is 14.8. The molecule has 7 heteroatoms. The van der Waals surface area contributed by atoms with Gasteiger partial charge in [0.15, 0.2) is 0 Å². The van der Waals surface area contributed by atoms with Crippen LogP contribution in [0.4, 0.5) is 0 Å². The molecular weight excluding hydrogens is 294 g/mol. The summed E-state index contributed by atoms with van der Waals surface area (Å²) < 4.78 is 5.21. The third kappa shape index (κ3) is 2.91. The molecule has 1 atom stereocenters. The van der Waals surface area contributed by atoms with Crippen LogP contribution in [0.15, 0.2) is 28.8 Å². The van der Waals surface area contributed by atoms with Gasteiger partial charge in [-0.1, -0.05) is 28.9 Å². The number of rotatable bonds is 4. The Balaban J connectivity index is 1.77. The molecule has 0 saturated carbocycles. The van der Waals surface area contributed by atoms with E-state index in [1.807, 2.05) is 23.1 Å². The fraction of sp³-hybridized carbons (Fsp3) is 0.357. The van der Waals surface area contributed by atoms with Crippen LogP contribution in [-0.2, 0) is 11.3 Å². The van der Waals surface area contributed by atoms with Gasteiger partial charge in [-0.15, -0.1) is 0 Å². The molecule has 1 N–H and O–H groups in total. The van der Waals surface area contributed by atoms with Gasteiger partial charge < -0.3 is 9.63 Å². The van der Waals surface area contributed by atoms with Gasteiger partial charge in [0, 0.05) is 5.56 Å². The number of likely N-dealkylation sites (tertiary alicyclic amines) is 1. The number of carboxylic acid groups (broad SMARTS) is 1. The smallest absolute Gasteiger partial charge is 0.320 e. The largest absolute Gasteiger partial charge is 0.480 e. The molecule has 1 fully saturated rings. The van der Waals surface area contributed by atoms with Crippen LogP contribution < -0.4 is 0 Å². The highest BCUT2D eigenvalue weighted by atomic mass is 35.5. The molecule has 0 amide bonds. The predicted octanol–water partition coefficient (Wildman–Crippen LogP) is 2.44. The van der Waals surface area contributed by atoms with E-state index in [9.17, 15) is 4.79 Å². The van der Waals surface area contributed by atoms with Crippen molar-refractivity contribution < 1.29 is 14.4 Å². The molecule has 21 heavy (non-hydrogen) atoms. The normalized spacial score (nSPS) is 19.0. The zero-order valence-corrected chi connectivity index (χ0v) is 12.0. The lowest BCUT2D eigenvalue weighted by Crippen LogP contribution is -2.35. The Kier molecular flexibility index (Phi) is 3.90. The van der Waals surface area contributed by atoms with E-state index in [0.29, 0.717) is 35.3 Å². The second-order valence-electron chi connectivity index (χ2n) is 4.96. The van der Waals surface area contributed by atoms with Crippen LogP contribution in [0, 0.1) is 0 Å². The Labute approximate surface area is 126 Å². The number of aromatic nitrogens is 2. The summed E-state index contributed by atoms with van der Waals surface area (Å²) >= 11 is 6.09. The number of nitrogens with zero attached hydrogens (tertiary/aromatic N) is 3. The minimum absolute atomic E-state index is 0.342. The molecule has 1 aliphatic rings. The van der Waals surface area contributed by atoms with Gasteiger partial charge >= 0.3 is 5.97 Å². The topological polar surface area (TPSA) is 79.5 Å². The Morgan fingerprint density at radius 2 is 2.29 bits per heavy atom. The van der Waals surface area contributed by atoms with Crippen molar-refractivity contribution in [3.8, 4) is 11.4 Å². The lowest BCUT2D eigenvalue weighted by molar-refractivity contribution is -0.142. The number of carbonyl (C=O) groups is 1. The maximum Gasteiger partial charge on any atom is 0.320 e. The number of hydrogen-bond acceptors (Lipinski definition) is 5. The molecule has 0 bridgehead atoms. The maximum atomic E-state index is 11.1. The molecule has 1 aliphatic heterocycles. The maximum absolute atomic E-state index is 11.1. The number of benzene rings is 1. The van der Waals surface area contributed by atoms with Crippen LogP contribution in [-0.4, -0.2) is 38.7 Å². The number of halogens is 1. The van der Waals surface area contributed by atoms with E-state index >= 15 is 0 Å². The first kappa shape index (κ1) is 14.0. The molecule has 1 aromatic heterocycles. The van der Waals surface area contributed by atoms with Crippen LogP contribution in [0.2, 0.25) is 5.02 Å². The minimum atomic E-state index is -0.807. The third-order valence-corrected chi connectivity index (χ3v) is 3.90. The summed E-state index contributed by atoms with van der Waals surface area (Å²) in [6, 6.07) is 6.77. The van der Waals surface area contributed by atoms with Gasteiger partial charge in [0.1, 0.15) is 6.04 Å². The van der Waals surface area contributed by atoms with Crippen LogP contribution in [0.5, 0.6) is 0 Å². The number of aliphatic carboxylic acids is 1. The Morgan fingerprint density at radius 3 is 3.05 bits per heavy atom. The summed E-state index contributed by atoms with van der Waals surface area (Å²) in [5.74, 6) is 0.0121. The standard InChI is InChI=1S/C14H14ClN3O3/c15-10-5-2-1-4-9(10)13-16-12(21-17-13)8-18-7-3-6-11(18)14(19)20/h1-2,4-5,11H,3,6-8H2,(H,19,20). The van der Waals surface area contributed by atoms with Crippen molar-refractivity contribution in [1.29, 1.82) is 0 Å². The van der Waals surface area contributed by atoms with Gasteiger partial charge in [-0.3, -0.25) is 9.69 Å². The summed E-state index contributed by atoms with van der Waals surface area (Å²) in [7, 11) is 0. The lowest BCUT2D eigenvalue weighted by Gasteiger charge is -2.18. The van der Waals surface area contributed by atoms with E-state index in [1.54, 1.807) is 6.07 Å². The van der Waals surface area contributed by atoms with E-state index in [4.69, 9.17) is 21.2 Å². The quantitative estimate of drug-likeness (QED) is 0.934. The van der Waals surface area contributed by atoms with E-state index in [0.717, 1.165) is 13.0 Å². The predicted molar refractivity (Wildman–Crippen MR) is 75.8 cm³/mol. The molecule has 1 aromatic carbocycles. The lowest BCUT2D eigenvalue weighted by atomic mass is 10.2. The summed E-state index contributed by atoms with van der Waals surface area (Å²) in [6.07, 6.45) is 1.52. The van der Waals surface area contributed by atoms with Crippen LogP contribution in [0.3, 0.4) is 0 Å². The van der Waals surface area contributed by atoms with Crippen molar-refractivity contribution in [1.82, 2.24) is 15.0 Å². The molecule has 2 heterocycles. The fourth-order valence-corrected chi connectivity index (χ4v) is 2.76. The molecule has 1 saturated heterocycles. The molecule has 0 spiro atoms. The molecule has 0 radical (unpaired) electrons. The van der Waals surface area contributed by atoms with E-state index < -0.39 is 12.0 Å². The van der Waals surface area contributed by atoms with Crippen LogP contribution in [0.25, 0.3) is 11.4 Å². The molecule has 3 rings (SSSR count). The molecule has 110 valence electrons. The second kappa shape index (κ2) is 5.83. The molecule has 1 unspecified atom stereocenters. The van der Waals surface area contributed by atoms with Gasteiger partial charge in [-0.05, 0) is 31.5 Å². The van der Waals surface area contributed by atoms with E-state index in [-0.39, 0.29) is 0 Å². The molecule has 6 nitrogen and oxygen atoms in total. The van der Waals surface area contributed by atoms with E-state index in [1.165, 1.54) is 0 Å². The van der Waals surface area contributed by atoms with Gasteiger partial charge in [0.25, 0.3) is 0 Å². The minimum Gasteiger partial charge on any atom is -0.480 e. The van der Waals surface area contributed by atoms with Gasteiger partial charge in [-0.2, -0.15) is 4.98 Å². The second-order valence-corrected chi connectivity index (χ2v) is 5.37.